The molecule has 4 rings (SSSR count). The van der Waals surface area contributed by atoms with E-state index in [1.165, 1.54) is 12.1 Å². The fraction of sp³-hybridized carbons (Fsp3) is 0.167. The fourth-order valence-corrected chi connectivity index (χ4v) is 4.13. The van der Waals surface area contributed by atoms with Crippen LogP contribution < -0.4 is 5.32 Å². The number of nitrogens with one attached hydrogen (secondary N) is 1. The van der Waals surface area contributed by atoms with Crippen molar-refractivity contribution < 1.29 is 23.8 Å². The second-order valence-electron chi connectivity index (χ2n) is 7.31. The number of rotatable bonds is 6. The van der Waals surface area contributed by atoms with Crippen LogP contribution in [0.1, 0.15) is 22.6 Å². The minimum atomic E-state index is -1.24. The summed E-state index contributed by atoms with van der Waals surface area (Å²) in [6, 6.07) is 19.0. The quantitative estimate of drug-likeness (QED) is 0.509. The molecule has 2 N–H and O–H groups in total. The Hall–Kier alpha value is -3.19. The zero-order valence-corrected chi connectivity index (χ0v) is 17.9. The van der Waals surface area contributed by atoms with Gasteiger partial charge in [-0.25, -0.2) is 14.0 Å². The summed E-state index contributed by atoms with van der Waals surface area (Å²) < 4.78 is 19.4. The van der Waals surface area contributed by atoms with Crippen molar-refractivity contribution in [3.63, 3.8) is 0 Å². The third-order valence-electron chi connectivity index (χ3n) is 5.36. The van der Waals surface area contributed by atoms with Crippen LogP contribution in [0.5, 0.6) is 0 Å². The Balaban J connectivity index is 1.43. The molecule has 0 fully saturated rings. The Bertz CT molecular complexity index is 1100. The van der Waals surface area contributed by atoms with Gasteiger partial charge in [-0.3, -0.25) is 0 Å². The van der Waals surface area contributed by atoms with Crippen LogP contribution in [0.25, 0.3) is 11.1 Å². The Morgan fingerprint density at radius 3 is 2.23 bits per heavy atom. The summed E-state index contributed by atoms with van der Waals surface area (Å²) in [6.45, 7) is 0.0825. The standard InChI is InChI=1S/C24H19BrFNO4/c25-20-10-9-14(11-21(20)26)12-22(23(28)29)27-24(30)31-13-19-17-7-3-1-5-15(17)16-6-2-4-8-18(16)19/h1-11,19,22H,12-13H2,(H,27,30)(H,28,29)/t22-/m0/s1. The maximum atomic E-state index is 13.7. The number of hydrogen-bond acceptors (Lipinski definition) is 3. The summed E-state index contributed by atoms with van der Waals surface area (Å²) in [6.07, 6.45) is -0.893. The first kappa shape index (κ1) is 21.1. The molecule has 3 aromatic carbocycles. The molecular weight excluding hydrogens is 465 g/mol. The van der Waals surface area contributed by atoms with E-state index in [0.29, 0.717) is 5.56 Å². The van der Waals surface area contributed by atoms with E-state index < -0.39 is 23.9 Å². The normalized spacial score (nSPS) is 13.2. The van der Waals surface area contributed by atoms with Crippen LogP contribution in [0, 0.1) is 5.82 Å². The van der Waals surface area contributed by atoms with Gasteiger partial charge in [0.05, 0.1) is 4.47 Å². The molecule has 158 valence electrons. The number of halogens is 2. The predicted molar refractivity (Wildman–Crippen MR) is 117 cm³/mol. The van der Waals surface area contributed by atoms with Crippen LogP contribution in [-0.4, -0.2) is 29.8 Å². The van der Waals surface area contributed by atoms with E-state index in [9.17, 15) is 19.1 Å². The summed E-state index contributed by atoms with van der Waals surface area (Å²) in [5, 5.41) is 11.9. The molecule has 0 spiro atoms. The minimum Gasteiger partial charge on any atom is -0.480 e. The van der Waals surface area contributed by atoms with E-state index in [4.69, 9.17) is 4.74 Å². The molecule has 0 aliphatic heterocycles. The molecule has 1 aliphatic carbocycles. The van der Waals surface area contributed by atoms with E-state index in [1.807, 2.05) is 48.5 Å². The van der Waals surface area contributed by atoms with Gasteiger partial charge in [0, 0.05) is 12.3 Å². The third kappa shape index (κ3) is 4.46. The fourth-order valence-electron chi connectivity index (χ4n) is 3.88. The van der Waals surface area contributed by atoms with Gasteiger partial charge in [-0.1, -0.05) is 54.6 Å². The molecule has 0 saturated heterocycles. The van der Waals surface area contributed by atoms with Gasteiger partial charge in [0.25, 0.3) is 0 Å². The van der Waals surface area contributed by atoms with Gasteiger partial charge in [-0.05, 0) is 55.9 Å². The highest BCUT2D eigenvalue weighted by atomic mass is 79.9. The van der Waals surface area contributed by atoms with Gasteiger partial charge >= 0.3 is 12.1 Å². The molecule has 7 heteroatoms. The number of carboxylic acid groups (broad SMARTS) is 1. The van der Waals surface area contributed by atoms with Crippen LogP contribution in [0.2, 0.25) is 0 Å². The Morgan fingerprint density at radius 1 is 1.03 bits per heavy atom. The van der Waals surface area contributed by atoms with Gasteiger partial charge in [-0.15, -0.1) is 0 Å². The summed E-state index contributed by atoms with van der Waals surface area (Å²) in [7, 11) is 0. The Morgan fingerprint density at radius 2 is 1.65 bits per heavy atom. The average Bonchev–Trinajstić information content (AvgIpc) is 3.08. The molecule has 3 aromatic rings. The number of hydrogen-bond donors (Lipinski definition) is 2. The third-order valence-corrected chi connectivity index (χ3v) is 6.00. The lowest BCUT2D eigenvalue weighted by Gasteiger charge is -2.17. The van der Waals surface area contributed by atoms with E-state index >= 15 is 0 Å². The molecule has 0 heterocycles. The molecule has 0 bridgehead atoms. The number of fused-ring (bicyclic) bond motifs is 3. The molecule has 5 nitrogen and oxygen atoms in total. The zero-order valence-electron chi connectivity index (χ0n) is 16.3. The topological polar surface area (TPSA) is 75.6 Å². The molecule has 31 heavy (non-hydrogen) atoms. The first-order valence-electron chi connectivity index (χ1n) is 9.72. The molecule has 1 atom stereocenters. The molecule has 0 unspecified atom stereocenters. The lowest BCUT2D eigenvalue weighted by atomic mass is 9.98. The van der Waals surface area contributed by atoms with Crippen molar-refractivity contribution in [2.24, 2.45) is 0 Å². The molecule has 0 aromatic heterocycles. The van der Waals surface area contributed by atoms with Crippen LogP contribution >= 0.6 is 15.9 Å². The molecule has 1 aliphatic rings. The lowest BCUT2D eigenvalue weighted by molar-refractivity contribution is -0.139. The Kier molecular flexibility index (Phi) is 6.04. The number of ether oxygens (including phenoxy) is 1. The SMILES string of the molecule is O=C(N[C@@H](Cc1ccc(Br)c(F)c1)C(=O)O)OCC1c2ccccc2-c2ccccc21. The number of carbonyl (C=O) groups excluding carboxylic acids is 1. The lowest BCUT2D eigenvalue weighted by Crippen LogP contribution is -2.42. The van der Waals surface area contributed by atoms with E-state index in [2.05, 4.69) is 21.2 Å². The van der Waals surface area contributed by atoms with Gasteiger partial charge in [-0.2, -0.15) is 0 Å². The van der Waals surface area contributed by atoms with Crippen molar-refractivity contribution in [2.45, 2.75) is 18.4 Å². The first-order valence-corrected chi connectivity index (χ1v) is 10.5. The van der Waals surface area contributed by atoms with Gasteiger partial charge in [0.1, 0.15) is 18.5 Å². The zero-order chi connectivity index (χ0) is 22.0. The summed E-state index contributed by atoms with van der Waals surface area (Å²) in [4.78, 5) is 24.0. The smallest absolute Gasteiger partial charge is 0.407 e. The summed E-state index contributed by atoms with van der Waals surface area (Å²) >= 11 is 3.06. The molecule has 0 saturated carbocycles. The summed E-state index contributed by atoms with van der Waals surface area (Å²) in [5.41, 5.74) is 4.79. The number of carbonyl (C=O) groups is 2. The minimum absolute atomic E-state index is 0.0657. The highest BCUT2D eigenvalue weighted by Gasteiger charge is 2.29. The summed E-state index contributed by atoms with van der Waals surface area (Å²) in [5.74, 6) is -1.85. The monoisotopic (exact) mass is 483 g/mol. The molecule has 0 radical (unpaired) electrons. The van der Waals surface area contributed by atoms with Crippen molar-refractivity contribution in [3.8, 4) is 11.1 Å². The van der Waals surface area contributed by atoms with Crippen LogP contribution in [-0.2, 0) is 16.0 Å². The van der Waals surface area contributed by atoms with Gasteiger partial charge in [0.15, 0.2) is 0 Å². The molecule has 1 amide bonds. The van der Waals surface area contributed by atoms with Gasteiger partial charge < -0.3 is 15.2 Å². The van der Waals surface area contributed by atoms with Gasteiger partial charge in [0.2, 0.25) is 0 Å². The van der Waals surface area contributed by atoms with Crippen molar-refractivity contribution in [1.82, 2.24) is 5.32 Å². The number of carboxylic acids is 1. The van der Waals surface area contributed by atoms with Crippen LogP contribution in [0.15, 0.2) is 71.2 Å². The van der Waals surface area contributed by atoms with E-state index in [0.717, 1.165) is 22.3 Å². The van der Waals surface area contributed by atoms with Crippen LogP contribution in [0.3, 0.4) is 0 Å². The predicted octanol–water partition coefficient (Wildman–Crippen LogP) is 5.12. The maximum Gasteiger partial charge on any atom is 0.407 e. The maximum absolute atomic E-state index is 13.7. The number of amides is 1. The highest BCUT2D eigenvalue weighted by Crippen LogP contribution is 2.44. The first-order chi connectivity index (χ1) is 14.9. The van der Waals surface area contributed by atoms with Crippen molar-refractivity contribution in [1.29, 1.82) is 0 Å². The van der Waals surface area contributed by atoms with Crippen molar-refractivity contribution >= 4 is 28.0 Å². The highest BCUT2D eigenvalue weighted by molar-refractivity contribution is 9.10. The second-order valence-corrected chi connectivity index (χ2v) is 8.17. The Labute approximate surface area is 187 Å². The average molecular weight is 484 g/mol. The van der Waals surface area contributed by atoms with Crippen molar-refractivity contribution in [2.75, 3.05) is 6.61 Å². The number of alkyl carbamates (subject to hydrolysis) is 1. The van der Waals surface area contributed by atoms with E-state index in [-0.39, 0.29) is 23.4 Å². The van der Waals surface area contributed by atoms with Crippen LogP contribution in [0.4, 0.5) is 9.18 Å². The number of aliphatic carboxylic acids is 1. The number of benzene rings is 3. The molecular formula is C24H19BrFNO4. The van der Waals surface area contributed by atoms with Crippen molar-refractivity contribution in [3.05, 3.63) is 93.7 Å². The second kappa shape index (κ2) is 8.89. The largest absolute Gasteiger partial charge is 0.480 e. The van der Waals surface area contributed by atoms with E-state index in [1.54, 1.807) is 6.07 Å².